The minimum atomic E-state index is 0.327. The molecule has 0 saturated heterocycles. The van der Waals surface area contributed by atoms with Gasteiger partial charge in [-0.25, -0.2) is 4.98 Å². The van der Waals surface area contributed by atoms with Crippen molar-refractivity contribution in [1.29, 1.82) is 0 Å². The molecule has 3 N–H and O–H groups in total. The fourth-order valence-corrected chi connectivity index (χ4v) is 1.67. The summed E-state index contributed by atoms with van der Waals surface area (Å²) in [7, 11) is 0. The smallest absolute Gasteiger partial charge is 0.222 e. The molecule has 5 heteroatoms. The maximum Gasteiger partial charge on any atom is 0.222 e. The third-order valence-corrected chi connectivity index (χ3v) is 2.70. The Balaban J connectivity index is 2.86. The quantitative estimate of drug-likeness (QED) is 0.711. The molecule has 5 nitrogen and oxygen atoms in total. The van der Waals surface area contributed by atoms with Crippen molar-refractivity contribution in [1.82, 2.24) is 9.97 Å². The van der Waals surface area contributed by atoms with Gasteiger partial charge in [-0.2, -0.15) is 4.98 Å². The Morgan fingerprint density at radius 3 is 2.59 bits per heavy atom. The van der Waals surface area contributed by atoms with Crippen LogP contribution >= 0.6 is 0 Å². The maximum absolute atomic E-state index is 5.65. The minimum absolute atomic E-state index is 0.327. The fourth-order valence-electron chi connectivity index (χ4n) is 1.67. The largest absolute Gasteiger partial charge is 0.381 e. The molecule has 1 rings (SSSR count). The zero-order chi connectivity index (χ0) is 12.7. The number of unbranched alkanes of at least 4 members (excludes halogenated alkanes) is 1. The predicted molar refractivity (Wildman–Crippen MR) is 73.4 cm³/mol. The lowest BCUT2D eigenvalue weighted by Gasteiger charge is -2.23. The first-order valence-corrected chi connectivity index (χ1v) is 6.34. The first-order chi connectivity index (χ1) is 8.22. The van der Waals surface area contributed by atoms with E-state index in [1.54, 1.807) is 6.20 Å². The summed E-state index contributed by atoms with van der Waals surface area (Å²) in [6.07, 6.45) is 4.08. The van der Waals surface area contributed by atoms with Crippen LogP contribution in [-0.2, 0) is 0 Å². The molecule has 0 fully saturated rings. The molecular formula is C12H23N5. The van der Waals surface area contributed by atoms with Crippen LogP contribution < -0.4 is 16.0 Å². The molecule has 0 aliphatic carbocycles. The molecule has 0 atom stereocenters. The van der Waals surface area contributed by atoms with E-state index in [2.05, 4.69) is 41.0 Å². The Hall–Kier alpha value is -1.52. The van der Waals surface area contributed by atoms with E-state index in [0.29, 0.717) is 5.95 Å². The van der Waals surface area contributed by atoms with Gasteiger partial charge in [0.25, 0.3) is 0 Å². The molecule has 0 aliphatic heterocycles. The lowest BCUT2D eigenvalue weighted by molar-refractivity contribution is 0.821. The van der Waals surface area contributed by atoms with Crippen LogP contribution in [-0.4, -0.2) is 29.6 Å². The lowest BCUT2D eigenvalue weighted by atomic mass is 10.3. The Labute approximate surface area is 103 Å². The highest BCUT2D eigenvalue weighted by Crippen LogP contribution is 2.23. The third-order valence-electron chi connectivity index (χ3n) is 2.70. The number of hydrogen-bond acceptors (Lipinski definition) is 5. The molecule has 0 amide bonds. The van der Waals surface area contributed by atoms with E-state index in [1.807, 2.05) is 0 Å². The Kier molecular flexibility index (Phi) is 5.52. The van der Waals surface area contributed by atoms with Crippen molar-refractivity contribution in [3.63, 3.8) is 0 Å². The summed E-state index contributed by atoms with van der Waals surface area (Å²) in [6, 6.07) is 0. The number of nitrogens with zero attached hydrogens (tertiary/aromatic N) is 3. The van der Waals surface area contributed by atoms with Gasteiger partial charge in [0.1, 0.15) is 0 Å². The molecule has 0 aliphatic rings. The molecule has 0 bridgehead atoms. The van der Waals surface area contributed by atoms with Crippen molar-refractivity contribution in [3.05, 3.63) is 6.20 Å². The van der Waals surface area contributed by atoms with E-state index in [4.69, 9.17) is 5.73 Å². The second-order valence-electron chi connectivity index (χ2n) is 3.92. The van der Waals surface area contributed by atoms with Crippen LogP contribution in [0.4, 0.5) is 17.5 Å². The molecule has 0 radical (unpaired) electrons. The average Bonchev–Trinajstić information content (AvgIpc) is 2.33. The second-order valence-corrected chi connectivity index (χ2v) is 3.92. The molecule has 17 heavy (non-hydrogen) atoms. The number of nitrogens with one attached hydrogen (secondary N) is 1. The summed E-state index contributed by atoms with van der Waals surface area (Å²) in [6.45, 7) is 9.16. The number of nitrogen functional groups attached to an aromatic ring is 1. The van der Waals surface area contributed by atoms with Crippen LogP contribution in [0.1, 0.15) is 33.6 Å². The summed E-state index contributed by atoms with van der Waals surface area (Å²) in [5, 5.41) is 3.37. The van der Waals surface area contributed by atoms with Crippen molar-refractivity contribution in [3.8, 4) is 0 Å². The van der Waals surface area contributed by atoms with Gasteiger partial charge in [0.15, 0.2) is 5.82 Å². The predicted octanol–water partition coefficient (Wildman–Crippen LogP) is 2.12. The molecular weight excluding hydrogens is 214 g/mol. The van der Waals surface area contributed by atoms with Crippen molar-refractivity contribution in [2.24, 2.45) is 0 Å². The van der Waals surface area contributed by atoms with Crippen LogP contribution in [0.3, 0.4) is 0 Å². The number of aromatic nitrogens is 2. The Morgan fingerprint density at radius 1 is 1.29 bits per heavy atom. The van der Waals surface area contributed by atoms with Gasteiger partial charge in [0.2, 0.25) is 5.95 Å². The standard InChI is InChI=1S/C12H23N5/c1-4-7-8-14-10-9-15-12(13)16-11(10)17(5-2)6-3/h9,14H,4-8H2,1-3H3,(H2,13,15,16). The SMILES string of the molecule is CCCCNc1cnc(N)nc1N(CC)CC. The van der Waals surface area contributed by atoms with Crippen LogP contribution in [0.15, 0.2) is 6.20 Å². The van der Waals surface area contributed by atoms with Crippen LogP contribution in [0.2, 0.25) is 0 Å². The van der Waals surface area contributed by atoms with Gasteiger partial charge in [-0.05, 0) is 20.3 Å². The van der Waals surface area contributed by atoms with Gasteiger partial charge in [-0.3, -0.25) is 0 Å². The summed E-state index contributed by atoms with van der Waals surface area (Å²) in [5.74, 6) is 1.23. The third kappa shape index (κ3) is 3.76. The van der Waals surface area contributed by atoms with E-state index in [1.165, 1.54) is 6.42 Å². The molecule has 1 aromatic heterocycles. The normalized spacial score (nSPS) is 10.3. The highest BCUT2D eigenvalue weighted by Gasteiger charge is 2.10. The van der Waals surface area contributed by atoms with Crippen LogP contribution in [0.5, 0.6) is 0 Å². The second kappa shape index (κ2) is 6.93. The molecule has 1 aromatic rings. The topological polar surface area (TPSA) is 67.1 Å². The molecule has 96 valence electrons. The van der Waals surface area contributed by atoms with Gasteiger partial charge < -0.3 is 16.0 Å². The minimum Gasteiger partial charge on any atom is -0.381 e. The number of hydrogen-bond donors (Lipinski definition) is 2. The summed E-state index contributed by atoms with van der Waals surface area (Å²) >= 11 is 0. The lowest BCUT2D eigenvalue weighted by Crippen LogP contribution is -2.25. The summed E-state index contributed by atoms with van der Waals surface area (Å²) in [4.78, 5) is 10.5. The van der Waals surface area contributed by atoms with E-state index in [-0.39, 0.29) is 0 Å². The first kappa shape index (κ1) is 13.5. The highest BCUT2D eigenvalue weighted by atomic mass is 15.2. The van der Waals surface area contributed by atoms with Crippen molar-refractivity contribution in [2.75, 3.05) is 35.6 Å². The number of nitrogens with two attached hydrogens (primary N) is 1. The molecule has 0 unspecified atom stereocenters. The summed E-state index contributed by atoms with van der Waals surface area (Å²) < 4.78 is 0. The Bertz CT molecular complexity index is 336. The molecule has 1 heterocycles. The van der Waals surface area contributed by atoms with Gasteiger partial charge >= 0.3 is 0 Å². The van der Waals surface area contributed by atoms with Crippen molar-refractivity contribution >= 4 is 17.5 Å². The van der Waals surface area contributed by atoms with E-state index in [0.717, 1.165) is 37.6 Å². The van der Waals surface area contributed by atoms with Gasteiger partial charge in [-0.15, -0.1) is 0 Å². The zero-order valence-corrected chi connectivity index (χ0v) is 11.0. The van der Waals surface area contributed by atoms with Gasteiger partial charge in [0, 0.05) is 19.6 Å². The van der Waals surface area contributed by atoms with E-state index >= 15 is 0 Å². The van der Waals surface area contributed by atoms with Crippen LogP contribution in [0.25, 0.3) is 0 Å². The molecule has 0 aromatic carbocycles. The van der Waals surface area contributed by atoms with E-state index in [9.17, 15) is 0 Å². The van der Waals surface area contributed by atoms with E-state index < -0.39 is 0 Å². The monoisotopic (exact) mass is 237 g/mol. The average molecular weight is 237 g/mol. The number of anilines is 3. The Morgan fingerprint density at radius 2 is 2.00 bits per heavy atom. The van der Waals surface area contributed by atoms with Crippen molar-refractivity contribution < 1.29 is 0 Å². The van der Waals surface area contributed by atoms with Gasteiger partial charge in [0.05, 0.1) is 11.9 Å². The molecule has 0 saturated carbocycles. The van der Waals surface area contributed by atoms with Gasteiger partial charge in [-0.1, -0.05) is 13.3 Å². The number of rotatable bonds is 7. The zero-order valence-electron chi connectivity index (χ0n) is 11.0. The fraction of sp³-hybridized carbons (Fsp3) is 0.667. The molecule has 0 spiro atoms. The van der Waals surface area contributed by atoms with Crippen LogP contribution in [0, 0.1) is 0 Å². The first-order valence-electron chi connectivity index (χ1n) is 6.34. The summed E-state index contributed by atoms with van der Waals surface area (Å²) in [5.41, 5.74) is 6.62. The van der Waals surface area contributed by atoms with Crippen molar-refractivity contribution in [2.45, 2.75) is 33.6 Å². The maximum atomic E-state index is 5.65. The highest BCUT2D eigenvalue weighted by molar-refractivity contribution is 5.65.